The Morgan fingerprint density at radius 2 is 1.81 bits per heavy atom. The molecule has 0 spiro atoms. The third-order valence-corrected chi connectivity index (χ3v) is 6.82. The van der Waals surface area contributed by atoms with E-state index in [9.17, 15) is 9.90 Å². The second kappa shape index (κ2) is 8.13. The second-order valence-electron chi connectivity index (χ2n) is 8.14. The first-order valence-electron chi connectivity index (χ1n) is 10.3. The lowest BCUT2D eigenvalue weighted by atomic mass is 9.80. The highest BCUT2D eigenvalue weighted by Crippen LogP contribution is 2.42. The summed E-state index contributed by atoms with van der Waals surface area (Å²) >= 11 is 12.6. The van der Waals surface area contributed by atoms with Gasteiger partial charge in [-0.15, -0.1) is 10.2 Å². The van der Waals surface area contributed by atoms with Crippen molar-refractivity contribution in [2.45, 2.75) is 50.6 Å². The van der Waals surface area contributed by atoms with Gasteiger partial charge in [0, 0.05) is 23.1 Å². The van der Waals surface area contributed by atoms with Crippen LogP contribution in [0.3, 0.4) is 0 Å². The van der Waals surface area contributed by atoms with Gasteiger partial charge < -0.3 is 5.11 Å². The fourth-order valence-electron chi connectivity index (χ4n) is 4.75. The van der Waals surface area contributed by atoms with Crippen molar-refractivity contribution < 1.29 is 9.90 Å². The summed E-state index contributed by atoms with van der Waals surface area (Å²) in [5.74, 6) is 2.09. The Morgan fingerprint density at radius 1 is 1.03 bits per heavy atom. The lowest BCUT2D eigenvalue weighted by molar-refractivity contribution is 0.139. The van der Waals surface area contributed by atoms with Crippen molar-refractivity contribution >= 4 is 29.3 Å². The number of halogens is 2. The zero-order chi connectivity index (χ0) is 21.5. The van der Waals surface area contributed by atoms with E-state index in [0.717, 1.165) is 53.5 Å². The fraction of sp³-hybridized carbons (Fsp3) is 0.364. The molecule has 1 aliphatic heterocycles. The van der Waals surface area contributed by atoms with E-state index >= 15 is 0 Å². The van der Waals surface area contributed by atoms with Crippen LogP contribution in [-0.4, -0.2) is 35.8 Å². The summed E-state index contributed by atoms with van der Waals surface area (Å²) in [4.78, 5) is 17.6. The van der Waals surface area contributed by atoms with Crippen LogP contribution in [-0.2, 0) is 13.1 Å². The summed E-state index contributed by atoms with van der Waals surface area (Å²) in [6.45, 7) is 0.451. The van der Waals surface area contributed by atoms with Crippen LogP contribution >= 0.6 is 23.2 Å². The molecule has 1 aromatic carbocycles. The van der Waals surface area contributed by atoms with Gasteiger partial charge in [0.2, 0.25) is 0 Å². The van der Waals surface area contributed by atoms with Crippen LogP contribution in [0.4, 0.5) is 4.79 Å². The number of carbonyl (C=O) groups is 1. The zero-order valence-corrected chi connectivity index (χ0v) is 18.2. The number of hydrogen-bond donors (Lipinski definition) is 1. The Hall–Kier alpha value is -2.64. The van der Waals surface area contributed by atoms with Crippen LogP contribution in [0.2, 0.25) is 10.0 Å². The van der Waals surface area contributed by atoms with Gasteiger partial charge in [0.25, 0.3) is 0 Å². The van der Waals surface area contributed by atoms with E-state index in [2.05, 4.69) is 15.2 Å². The number of pyridine rings is 1. The van der Waals surface area contributed by atoms with Crippen LogP contribution in [0.15, 0.2) is 36.5 Å². The van der Waals surface area contributed by atoms with Gasteiger partial charge in [0.1, 0.15) is 5.82 Å². The summed E-state index contributed by atoms with van der Waals surface area (Å²) in [6.07, 6.45) is 4.64. The van der Waals surface area contributed by atoms with Crippen molar-refractivity contribution in [2.24, 2.45) is 0 Å². The van der Waals surface area contributed by atoms with Gasteiger partial charge in [-0.1, -0.05) is 23.2 Å². The maximum absolute atomic E-state index is 11.7. The first-order valence-corrected chi connectivity index (χ1v) is 11.1. The van der Waals surface area contributed by atoms with Crippen LogP contribution in [0, 0.1) is 0 Å². The zero-order valence-electron chi connectivity index (χ0n) is 16.7. The molecular weight excluding hydrogens is 437 g/mol. The molecule has 0 atom stereocenters. The normalized spacial score (nSPS) is 20.6. The predicted molar refractivity (Wildman–Crippen MR) is 117 cm³/mol. The number of benzene rings is 1. The van der Waals surface area contributed by atoms with E-state index in [1.54, 1.807) is 6.20 Å². The average Bonchev–Trinajstić information content (AvgIpc) is 3.10. The van der Waals surface area contributed by atoms with E-state index in [0.29, 0.717) is 16.8 Å². The summed E-state index contributed by atoms with van der Waals surface area (Å²) in [5.41, 5.74) is 2.72. The van der Waals surface area contributed by atoms with Crippen molar-refractivity contribution in [3.8, 4) is 5.69 Å². The van der Waals surface area contributed by atoms with Gasteiger partial charge in [-0.25, -0.2) is 4.79 Å². The minimum Gasteiger partial charge on any atom is -0.465 e. The number of nitrogens with zero attached hydrogens (tertiary/aromatic N) is 5. The van der Waals surface area contributed by atoms with Crippen molar-refractivity contribution in [2.75, 3.05) is 0 Å². The third-order valence-electron chi connectivity index (χ3n) is 6.27. The maximum atomic E-state index is 11.7. The molecule has 3 aromatic rings. The molecule has 0 unspecified atom stereocenters. The Bertz CT molecular complexity index is 1140. The molecule has 1 N–H and O–H groups in total. The molecule has 160 valence electrons. The van der Waals surface area contributed by atoms with E-state index < -0.39 is 6.09 Å². The molecular formula is C22H21Cl2N5O2. The number of fused-ring (bicyclic) bond motifs is 3. The molecule has 7 nitrogen and oxygen atoms in total. The molecule has 2 aromatic heterocycles. The third kappa shape index (κ3) is 3.77. The topological polar surface area (TPSA) is 84.1 Å². The Morgan fingerprint density at radius 3 is 2.55 bits per heavy atom. The lowest BCUT2D eigenvalue weighted by Crippen LogP contribution is -2.27. The molecule has 1 saturated carbocycles. The van der Waals surface area contributed by atoms with E-state index in [1.807, 2.05) is 34.9 Å². The molecule has 1 aliphatic carbocycles. The first-order chi connectivity index (χ1) is 15.0. The molecule has 0 radical (unpaired) electrons. The number of aromatic nitrogens is 4. The molecule has 2 aliphatic rings. The van der Waals surface area contributed by atoms with Crippen LogP contribution in [0.5, 0.6) is 0 Å². The highest BCUT2D eigenvalue weighted by atomic mass is 35.5. The van der Waals surface area contributed by atoms with E-state index in [4.69, 9.17) is 23.2 Å². The van der Waals surface area contributed by atoms with Gasteiger partial charge in [-0.3, -0.25) is 14.5 Å². The smallest absolute Gasteiger partial charge is 0.408 e. The van der Waals surface area contributed by atoms with Crippen LogP contribution in [0.25, 0.3) is 5.69 Å². The first kappa shape index (κ1) is 20.3. The number of amides is 1. The molecule has 1 amide bonds. The summed E-state index contributed by atoms with van der Waals surface area (Å²) in [6, 6.07) is 9.33. The average molecular weight is 458 g/mol. The van der Waals surface area contributed by atoms with Crippen LogP contribution in [0.1, 0.15) is 60.4 Å². The van der Waals surface area contributed by atoms with Crippen molar-refractivity contribution in [3.63, 3.8) is 0 Å². The largest absolute Gasteiger partial charge is 0.465 e. The highest BCUT2D eigenvalue weighted by molar-refractivity contribution is 6.31. The van der Waals surface area contributed by atoms with Gasteiger partial charge in [0.05, 0.1) is 29.5 Å². The lowest BCUT2D eigenvalue weighted by Gasteiger charge is -2.28. The van der Waals surface area contributed by atoms with Gasteiger partial charge >= 0.3 is 6.09 Å². The van der Waals surface area contributed by atoms with Crippen molar-refractivity contribution in [1.82, 2.24) is 24.6 Å². The van der Waals surface area contributed by atoms with Crippen LogP contribution < -0.4 is 0 Å². The minimum atomic E-state index is -0.989. The summed E-state index contributed by atoms with van der Waals surface area (Å²) in [5, 5.41) is 19.8. The fourth-order valence-corrected chi connectivity index (χ4v) is 5.22. The molecule has 0 saturated heterocycles. The highest BCUT2D eigenvalue weighted by Gasteiger charge is 2.32. The van der Waals surface area contributed by atoms with Gasteiger partial charge in [-0.2, -0.15) is 0 Å². The summed E-state index contributed by atoms with van der Waals surface area (Å²) < 4.78 is 2.04. The Kier molecular flexibility index (Phi) is 5.32. The SMILES string of the molecule is O=C(O)N1Cc2cc(Cl)ccc2-n2c(nnc2C2CCC(c3ncccc3Cl)CC2)C1. The summed E-state index contributed by atoms with van der Waals surface area (Å²) in [7, 11) is 0. The quantitative estimate of drug-likeness (QED) is 0.556. The molecule has 9 heteroatoms. The molecule has 1 fully saturated rings. The van der Waals surface area contributed by atoms with Gasteiger partial charge in [-0.05, 0) is 61.6 Å². The van der Waals surface area contributed by atoms with E-state index in [1.165, 1.54) is 4.90 Å². The van der Waals surface area contributed by atoms with E-state index in [-0.39, 0.29) is 19.0 Å². The Labute approximate surface area is 189 Å². The minimum absolute atomic E-state index is 0.188. The standard InChI is InChI=1S/C22H21Cl2N5O2/c23-16-7-8-18-15(10-16)11-28(22(30)31)12-19-26-27-21(29(18)19)14-5-3-13(4-6-14)20-17(24)2-1-9-25-20/h1-2,7-10,13-14H,3-6,11-12H2,(H,30,31). The van der Waals surface area contributed by atoms with Gasteiger partial charge in [0.15, 0.2) is 5.82 Å². The Balaban J connectivity index is 1.47. The second-order valence-corrected chi connectivity index (χ2v) is 8.98. The molecule has 3 heterocycles. The monoisotopic (exact) mass is 457 g/mol. The van der Waals surface area contributed by atoms with Crippen molar-refractivity contribution in [3.05, 3.63) is 69.5 Å². The number of rotatable bonds is 2. The molecule has 0 bridgehead atoms. The molecule has 5 rings (SSSR count). The predicted octanol–water partition coefficient (Wildman–Crippen LogP) is 5.40. The number of hydrogen-bond acceptors (Lipinski definition) is 4. The molecule has 31 heavy (non-hydrogen) atoms. The van der Waals surface area contributed by atoms with Crippen molar-refractivity contribution in [1.29, 1.82) is 0 Å². The maximum Gasteiger partial charge on any atom is 0.408 e. The number of carboxylic acid groups (broad SMARTS) is 1.